The van der Waals surface area contributed by atoms with Crippen molar-refractivity contribution in [3.63, 3.8) is 0 Å². The Morgan fingerprint density at radius 3 is 2.59 bits per heavy atom. The molecule has 0 bridgehead atoms. The van der Waals surface area contributed by atoms with E-state index < -0.39 is 0 Å². The quantitative estimate of drug-likeness (QED) is 0.891. The highest BCUT2D eigenvalue weighted by atomic mass is 35.5. The van der Waals surface area contributed by atoms with E-state index in [1.807, 2.05) is 13.8 Å². The molecule has 4 heteroatoms. The first-order chi connectivity index (χ1) is 7.78. The van der Waals surface area contributed by atoms with Gasteiger partial charge < -0.3 is 5.73 Å². The SMILES string of the molecule is CC(C)(N)CCC(=O)Cc1cc(Cl)ccc1Cl. The van der Waals surface area contributed by atoms with Crippen LogP contribution in [0, 0.1) is 0 Å². The lowest BCUT2D eigenvalue weighted by molar-refractivity contribution is -0.118. The Kier molecular flexibility index (Phi) is 4.99. The van der Waals surface area contributed by atoms with Crippen molar-refractivity contribution in [2.45, 2.75) is 38.6 Å². The summed E-state index contributed by atoms with van der Waals surface area (Å²) in [5.74, 6) is 0.132. The van der Waals surface area contributed by atoms with Gasteiger partial charge in [-0.2, -0.15) is 0 Å². The van der Waals surface area contributed by atoms with Crippen molar-refractivity contribution in [3.05, 3.63) is 33.8 Å². The van der Waals surface area contributed by atoms with E-state index in [1.54, 1.807) is 18.2 Å². The van der Waals surface area contributed by atoms with E-state index in [0.717, 1.165) is 5.56 Å². The van der Waals surface area contributed by atoms with Gasteiger partial charge in [0.15, 0.2) is 0 Å². The molecule has 1 aromatic rings. The summed E-state index contributed by atoms with van der Waals surface area (Å²) in [4.78, 5) is 11.8. The summed E-state index contributed by atoms with van der Waals surface area (Å²) in [5.41, 5.74) is 6.30. The molecular weight excluding hydrogens is 257 g/mol. The lowest BCUT2D eigenvalue weighted by Gasteiger charge is -2.17. The summed E-state index contributed by atoms with van der Waals surface area (Å²) in [5, 5.41) is 1.17. The highest BCUT2D eigenvalue weighted by Gasteiger charge is 2.14. The summed E-state index contributed by atoms with van der Waals surface area (Å²) >= 11 is 11.9. The first-order valence-corrected chi connectivity index (χ1v) is 6.28. The Morgan fingerprint density at radius 1 is 1.35 bits per heavy atom. The van der Waals surface area contributed by atoms with E-state index in [2.05, 4.69) is 0 Å². The van der Waals surface area contributed by atoms with Crippen LogP contribution in [0.3, 0.4) is 0 Å². The molecule has 0 aliphatic heterocycles. The van der Waals surface area contributed by atoms with Crippen molar-refractivity contribution in [3.8, 4) is 0 Å². The molecule has 0 saturated carbocycles. The summed E-state index contributed by atoms with van der Waals surface area (Å²) in [7, 11) is 0. The topological polar surface area (TPSA) is 43.1 Å². The van der Waals surface area contributed by atoms with Crippen LogP contribution in [-0.4, -0.2) is 11.3 Å². The van der Waals surface area contributed by atoms with Gasteiger partial charge in [0.25, 0.3) is 0 Å². The number of rotatable bonds is 5. The molecule has 0 aliphatic carbocycles. The number of Topliss-reactive ketones (excluding diaryl/α,β-unsaturated/α-hetero) is 1. The van der Waals surface area contributed by atoms with Crippen LogP contribution in [0.1, 0.15) is 32.3 Å². The summed E-state index contributed by atoms with van der Waals surface area (Å²) in [6, 6.07) is 5.15. The number of carbonyl (C=O) groups is 1. The molecule has 0 amide bonds. The molecule has 1 aromatic carbocycles. The maximum absolute atomic E-state index is 11.8. The number of nitrogens with two attached hydrogens (primary N) is 1. The van der Waals surface area contributed by atoms with E-state index in [-0.39, 0.29) is 11.3 Å². The van der Waals surface area contributed by atoms with Gasteiger partial charge in [-0.25, -0.2) is 0 Å². The van der Waals surface area contributed by atoms with Crippen LogP contribution < -0.4 is 5.73 Å². The predicted octanol–water partition coefficient (Wildman–Crippen LogP) is 3.62. The highest BCUT2D eigenvalue weighted by molar-refractivity contribution is 6.33. The maximum Gasteiger partial charge on any atom is 0.137 e. The molecule has 0 fully saturated rings. The van der Waals surface area contributed by atoms with Crippen LogP contribution in [0.2, 0.25) is 10.0 Å². The van der Waals surface area contributed by atoms with Crippen LogP contribution in [0.5, 0.6) is 0 Å². The molecule has 0 aliphatic rings. The van der Waals surface area contributed by atoms with Gasteiger partial charge in [-0.05, 0) is 44.0 Å². The molecule has 0 aromatic heterocycles. The third-order valence-corrected chi connectivity index (χ3v) is 3.05. The lowest BCUT2D eigenvalue weighted by Crippen LogP contribution is -2.32. The monoisotopic (exact) mass is 273 g/mol. The number of benzene rings is 1. The smallest absolute Gasteiger partial charge is 0.137 e. The minimum absolute atomic E-state index is 0.132. The molecule has 0 spiro atoms. The third kappa shape index (κ3) is 5.53. The van der Waals surface area contributed by atoms with Crippen molar-refractivity contribution in [1.82, 2.24) is 0 Å². The van der Waals surface area contributed by atoms with Crippen LogP contribution in [0.4, 0.5) is 0 Å². The fraction of sp³-hybridized carbons (Fsp3) is 0.462. The first kappa shape index (κ1) is 14.5. The standard InChI is InChI=1S/C13H17Cl2NO/c1-13(2,16)6-5-11(17)8-9-7-10(14)3-4-12(9)15/h3-4,7H,5-6,8,16H2,1-2H3. The zero-order chi connectivity index (χ0) is 13.1. The van der Waals surface area contributed by atoms with Crippen LogP contribution in [0.15, 0.2) is 18.2 Å². The lowest BCUT2D eigenvalue weighted by atomic mass is 9.96. The number of hydrogen-bond acceptors (Lipinski definition) is 2. The van der Waals surface area contributed by atoms with Crippen molar-refractivity contribution < 1.29 is 4.79 Å². The minimum Gasteiger partial charge on any atom is -0.326 e. The Labute approximate surface area is 112 Å². The fourth-order valence-corrected chi connectivity index (χ4v) is 1.82. The zero-order valence-electron chi connectivity index (χ0n) is 10.1. The molecular formula is C13H17Cl2NO. The second-order valence-electron chi connectivity index (χ2n) is 4.94. The molecule has 0 saturated heterocycles. The van der Waals surface area contributed by atoms with Crippen molar-refractivity contribution in [1.29, 1.82) is 0 Å². The molecule has 1 rings (SSSR count). The van der Waals surface area contributed by atoms with Gasteiger partial charge in [0.05, 0.1) is 0 Å². The summed E-state index contributed by atoms with van der Waals surface area (Å²) in [6.45, 7) is 3.82. The maximum atomic E-state index is 11.8. The van der Waals surface area contributed by atoms with Gasteiger partial charge >= 0.3 is 0 Å². The van der Waals surface area contributed by atoms with Gasteiger partial charge in [-0.15, -0.1) is 0 Å². The third-order valence-electron chi connectivity index (χ3n) is 2.44. The molecule has 0 radical (unpaired) electrons. The second kappa shape index (κ2) is 5.85. The number of hydrogen-bond donors (Lipinski definition) is 1. The minimum atomic E-state index is -0.312. The van der Waals surface area contributed by atoms with E-state index >= 15 is 0 Å². The second-order valence-corrected chi connectivity index (χ2v) is 5.78. The van der Waals surface area contributed by atoms with Crippen LogP contribution in [0.25, 0.3) is 0 Å². The van der Waals surface area contributed by atoms with Crippen LogP contribution in [-0.2, 0) is 11.2 Å². The Balaban J connectivity index is 2.59. The Morgan fingerprint density at radius 2 is 2.00 bits per heavy atom. The Bertz CT molecular complexity index is 410. The molecule has 94 valence electrons. The summed E-state index contributed by atoms with van der Waals surface area (Å²) in [6.07, 6.45) is 1.45. The molecule has 0 heterocycles. The van der Waals surface area contributed by atoms with Gasteiger partial charge in [0, 0.05) is 28.4 Å². The van der Waals surface area contributed by atoms with Gasteiger partial charge in [0.2, 0.25) is 0 Å². The zero-order valence-corrected chi connectivity index (χ0v) is 11.6. The summed E-state index contributed by atoms with van der Waals surface area (Å²) < 4.78 is 0. The number of carbonyl (C=O) groups excluding carboxylic acids is 1. The van der Waals surface area contributed by atoms with Crippen LogP contribution >= 0.6 is 23.2 Å². The molecule has 2 nitrogen and oxygen atoms in total. The normalized spacial score (nSPS) is 11.6. The van der Waals surface area contributed by atoms with E-state index in [4.69, 9.17) is 28.9 Å². The molecule has 17 heavy (non-hydrogen) atoms. The van der Waals surface area contributed by atoms with Gasteiger partial charge in [-0.1, -0.05) is 23.2 Å². The average Bonchev–Trinajstić information content (AvgIpc) is 2.20. The number of ketones is 1. The largest absolute Gasteiger partial charge is 0.326 e. The fourth-order valence-electron chi connectivity index (χ4n) is 1.44. The van der Waals surface area contributed by atoms with Crippen molar-refractivity contribution >= 4 is 29.0 Å². The molecule has 0 unspecified atom stereocenters. The predicted molar refractivity (Wildman–Crippen MR) is 72.7 cm³/mol. The molecule has 2 N–H and O–H groups in total. The van der Waals surface area contributed by atoms with E-state index in [1.165, 1.54) is 0 Å². The highest BCUT2D eigenvalue weighted by Crippen LogP contribution is 2.22. The van der Waals surface area contributed by atoms with Crippen molar-refractivity contribution in [2.24, 2.45) is 5.73 Å². The first-order valence-electron chi connectivity index (χ1n) is 5.52. The number of halogens is 2. The molecule has 0 atom stereocenters. The van der Waals surface area contributed by atoms with E-state index in [0.29, 0.717) is 29.3 Å². The Hall–Kier alpha value is -0.570. The van der Waals surface area contributed by atoms with Gasteiger partial charge in [0.1, 0.15) is 5.78 Å². The van der Waals surface area contributed by atoms with Crippen molar-refractivity contribution in [2.75, 3.05) is 0 Å². The average molecular weight is 274 g/mol. The van der Waals surface area contributed by atoms with E-state index in [9.17, 15) is 4.79 Å². The van der Waals surface area contributed by atoms with Gasteiger partial charge in [-0.3, -0.25) is 4.79 Å².